The number of hydrogen-bond donors (Lipinski definition) is 0. The minimum atomic E-state index is -1.26. The fourth-order valence-electron chi connectivity index (χ4n) is 3.73. The molecule has 14 heteroatoms. The summed E-state index contributed by atoms with van der Waals surface area (Å²) in [6.07, 6.45) is -2.28. The Morgan fingerprint density at radius 2 is 1.62 bits per heavy atom. The molecule has 0 N–H and O–H groups in total. The third-order valence-corrected chi connectivity index (χ3v) is 7.02. The van der Waals surface area contributed by atoms with Crippen LogP contribution in [0.1, 0.15) is 49.2 Å². The largest absolute Gasteiger partial charge is 0.462 e. The summed E-state index contributed by atoms with van der Waals surface area (Å²) in [6.45, 7) is 7.21. The fourth-order valence-corrected chi connectivity index (χ4v) is 5.02. The average molecular weight is 606 g/mol. The number of ether oxygens (including phenoxy) is 2. The lowest BCUT2D eigenvalue weighted by Gasteiger charge is -2.27. The van der Waals surface area contributed by atoms with Gasteiger partial charge in [0.1, 0.15) is 22.2 Å². The number of non-ortho nitro benzene ring substituents is 1. The van der Waals surface area contributed by atoms with Crippen LogP contribution in [0.25, 0.3) is 10.4 Å². The number of benzene rings is 2. The number of carbonyl (C=O) groups is 3. The van der Waals surface area contributed by atoms with Crippen molar-refractivity contribution in [1.82, 2.24) is 5.06 Å². The number of hydrogen-bond acceptors (Lipinski definition) is 9. The van der Waals surface area contributed by atoms with E-state index in [1.165, 1.54) is 24.3 Å². The molecule has 0 radical (unpaired) electrons. The number of halogens is 2. The van der Waals surface area contributed by atoms with E-state index < -0.39 is 52.4 Å². The van der Waals surface area contributed by atoms with Crippen LogP contribution < -0.4 is 4.90 Å². The first-order chi connectivity index (χ1) is 19.6. The van der Waals surface area contributed by atoms with Gasteiger partial charge in [-0.15, -0.1) is 16.4 Å². The van der Waals surface area contributed by atoms with Crippen LogP contribution in [0.4, 0.5) is 29.1 Å². The van der Waals surface area contributed by atoms with E-state index >= 15 is 0 Å². The Morgan fingerprint density at radius 1 is 1.02 bits per heavy atom. The first-order valence-electron chi connectivity index (χ1n) is 12.6. The third-order valence-electron chi connectivity index (χ3n) is 5.66. The smallest absolute Gasteiger partial charge is 0.443 e. The van der Waals surface area contributed by atoms with Crippen molar-refractivity contribution in [2.24, 2.45) is 0 Å². The quantitative estimate of drug-likeness (QED) is 0.160. The van der Waals surface area contributed by atoms with Crippen LogP contribution in [-0.4, -0.2) is 47.4 Å². The molecule has 224 valence electrons. The SMILES string of the molecule is CCOC(=O)c1c(N(Cc2c(F)cccc2F)C(=O)ON(C)C(=O)OC(C)(C)C)sc(-c2ccc([N+](=O)[O-])cc2)c1C. The summed E-state index contributed by atoms with van der Waals surface area (Å²) >= 11 is 0.895. The van der Waals surface area contributed by atoms with E-state index in [-0.39, 0.29) is 22.9 Å². The third kappa shape index (κ3) is 7.37. The Morgan fingerprint density at radius 3 is 2.14 bits per heavy atom. The van der Waals surface area contributed by atoms with Crippen LogP contribution in [0.5, 0.6) is 0 Å². The van der Waals surface area contributed by atoms with Crippen molar-refractivity contribution < 1.29 is 42.4 Å². The maximum absolute atomic E-state index is 14.8. The Hall–Kier alpha value is -4.59. The fraction of sp³-hybridized carbons (Fsp3) is 0.321. The zero-order chi connectivity index (χ0) is 31.4. The molecule has 0 fully saturated rings. The minimum Gasteiger partial charge on any atom is -0.462 e. The lowest BCUT2D eigenvalue weighted by Crippen LogP contribution is -2.41. The van der Waals surface area contributed by atoms with Crippen LogP contribution in [0, 0.1) is 28.7 Å². The van der Waals surface area contributed by atoms with Crippen LogP contribution >= 0.6 is 11.3 Å². The lowest BCUT2D eigenvalue weighted by atomic mass is 10.1. The van der Waals surface area contributed by atoms with E-state index in [1.54, 1.807) is 34.6 Å². The van der Waals surface area contributed by atoms with Crippen molar-refractivity contribution in [3.05, 3.63) is 80.9 Å². The number of thiophene rings is 1. The Labute approximate surface area is 244 Å². The number of carbonyl (C=O) groups excluding carboxylic acids is 3. The molecule has 2 amide bonds. The number of hydroxylamine groups is 2. The second kappa shape index (κ2) is 12.9. The maximum Gasteiger partial charge on any atom is 0.443 e. The molecular weight excluding hydrogens is 576 g/mol. The Kier molecular flexibility index (Phi) is 9.83. The second-order valence-corrected chi connectivity index (χ2v) is 10.9. The van der Waals surface area contributed by atoms with Gasteiger partial charge in [-0.05, 0) is 70.0 Å². The van der Waals surface area contributed by atoms with E-state index in [4.69, 9.17) is 14.3 Å². The molecule has 0 aliphatic rings. The summed E-state index contributed by atoms with van der Waals surface area (Å²) < 4.78 is 39.9. The molecule has 11 nitrogen and oxygen atoms in total. The van der Waals surface area contributed by atoms with E-state index in [1.807, 2.05) is 0 Å². The number of esters is 1. The van der Waals surface area contributed by atoms with Crippen molar-refractivity contribution in [2.75, 3.05) is 18.6 Å². The van der Waals surface area contributed by atoms with E-state index in [9.17, 15) is 33.3 Å². The Balaban J connectivity index is 2.18. The normalized spacial score (nSPS) is 11.0. The highest BCUT2D eigenvalue weighted by Gasteiger charge is 2.34. The van der Waals surface area contributed by atoms with Gasteiger partial charge in [-0.2, -0.15) is 0 Å². The van der Waals surface area contributed by atoms with Gasteiger partial charge in [0.15, 0.2) is 0 Å². The number of nitro benzene ring substituents is 1. The lowest BCUT2D eigenvalue weighted by molar-refractivity contribution is -0.384. The van der Waals surface area contributed by atoms with Crippen molar-refractivity contribution in [2.45, 2.75) is 46.8 Å². The topological polar surface area (TPSA) is 129 Å². The van der Waals surface area contributed by atoms with Gasteiger partial charge in [-0.25, -0.2) is 23.2 Å². The van der Waals surface area contributed by atoms with Crippen LogP contribution in [0.2, 0.25) is 0 Å². The van der Waals surface area contributed by atoms with Gasteiger partial charge in [0.05, 0.1) is 30.7 Å². The molecular formula is C28H29F2N3O8S. The second-order valence-electron chi connectivity index (χ2n) is 9.88. The number of nitro groups is 1. The standard InChI is InChI=1S/C28H29F2N3O8S/c1-7-39-25(34)22-16(2)23(17-11-13-18(14-12-17)33(37)38)42-24(22)32(15-19-20(29)9-8-10-21(19)30)27(36)41-31(6)26(35)40-28(3,4)5/h8-14H,7,15H2,1-6H3. The number of amides is 2. The minimum absolute atomic E-state index is 0.0196. The van der Waals surface area contributed by atoms with Crippen LogP contribution in [-0.2, 0) is 20.9 Å². The van der Waals surface area contributed by atoms with Crippen molar-refractivity contribution in [1.29, 1.82) is 0 Å². The molecule has 1 heterocycles. The first-order valence-corrected chi connectivity index (χ1v) is 13.4. The molecule has 0 atom stereocenters. The molecule has 0 spiro atoms. The van der Waals surface area contributed by atoms with Crippen molar-refractivity contribution in [3.8, 4) is 10.4 Å². The average Bonchev–Trinajstić information content (AvgIpc) is 3.24. The number of rotatable bonds is 7. The summed E-state index contributed by atoms with van der Waals surface area (Å²) in [7, 11) is 1.11. The molecule has 0 aliphatic carbocycles. The van der Waals surface area contributed by atoms with Gasteiger partial charge in [0.25, 0.3) is 5.69 Å². The molecule has 0 bridgehead atoms. The van der Waals surface area contributed by atoms with E-state index in [0.29, 0.717) is 21.1 Å². The summed E-state index contributed by atoms with van der Waals surface area (Å²) in [5, 5.41) is 11.6. The van der Waals surface area contributed by atoms with Gasteiger partial charge in [0, 0.05) is 22.6 Å². The summed E-state index contributed by atoms with van der Waals surface area (Å²) in [6, 6.07) is 8.63. The van der Waals surface area contributed by atoms with E-state index in [0.717, 1.165) is 41.5 Å². The number of nitrogens with zero attached hydrogens (tertiary/aromatic N) is 3. The predicted molar refractivity (Wildman–Crippen MR) is 150 cm³/mol. The molecule has 0 unspecified atom stereocenters. The van der Waals surface area contributed by atoms with Crippen LogP contribution in [0.15, 0.2) is 42.5 Å². The molecule has 0 aliphatic heterocycles. The molecule has 0 saturated carbocycles. The van der Waals surface area contributed by atoms with Crippen molar-refractivity contribution >= 4 is 40.2 Å². The maximum atomic E-state index is 14.8. The van der Waals surface area contributed by atoms with Crippen LogP contribution in [0.3, 0.4) is 0 Å². The van der Waals surface area contributed by atoms with Gasteiger partial charge < -0.3 is 14.3 Å². The molecule has 3 aromatic rings. The Bertz CT molecular complexity index is 1480. The highest BCUT2D eigenvalue weighted by Crippen LogP contribution is 2.43. The zero-order valence-corrected chi connectivity index (χ0v) is 24.5. The molecule has 3 rings (SSSR count). The number of anilines is 1. The van der Waals surface area contributed by atoms with Gasteiger partial charge in [-0.1, -0.05) is 6.07 Å². The first kappa shape index (κ1) is 31.9. The summed E-state index contributed by atoms with van der Waals surface area (Å²) in [5.41, 5.74) is -0.874. The predicted octanol–water partition coefficient (Wildman–Crippen LogP) is 7.01. The highest BCUT2D eigenvalue weighted by atomic mass is 32.1. The van der Waals surface area contributed by atoms with Gasteiger partial charge >= 0.3 is 18.2 Å². The van der Waals surface area contributed by atoms with Gasteiger partial charge in [-0.3, -0.25) is 15.0 Å². The highest BCUT2D eigenvalue weighted by molar-refractivity contribution is 7.20. The zero-order valence-electron chi connectivity index (χ0n) is 23.7. The molecule has 2 aromatic carbocycles. The van der Waals surface area contributed by atoms with Crippen molar-refractivity contribution in [3.63, 3.8) is 0 Å². The molecule has 0 saturated heterocycles. The van der Waals surface area contributed by atoms with E-state index in [2.05, 4.69) is 0 Å². The molecule has 1 aromatic heterocycles. The summed E-state index contributed by atoms with van der Waals surface area (Å²) in [5.74, 6) is -2.76. The van der Waals surface area contributed by atoms with Gasteiger partial charge in [0.2, 0.25) is 0 Å². The summed E-state index contributed by atoms with van der Waals surface area (Å²) in [4.78, 5) is 56.2. The molecule has 42 heavy (non-hydrogen) atoms. The monoisotopic (exact) mass is 605 g/mol.